The molecule has 0 bridgehead atoms. The first-order valence-corrected chi connectivity index (χ1v) is 9.63. The van der Waals surface area contributed by atoms with Crippen molar-refractivity contribution >= 4 is 11.9 Å². The Morgan fingerprint density at radius 1 is 1.00 bits per heavy atom. The van der Waals surface area contributed by atoms with E-state index in [1.54, 1.807) is 11.8 Å². The first-order valence-electron chi connectivity index (χ1n) is 9.63. The highest BCUT2D eigenvalue weighted by molar-refractivity contribution is 5.79. The summed E-state index contributed by atoms with van der Waals surface area (Å²) >= 11 is 0. The van der Waals surface area contributed by atoms with Gasteiger partial charge in [0, 0.05) is 6.54 Å². The lowest BCUT2D eigenvalue weighted by Gasteiger charge is -2.29. The number of amides is 1. The molecule has 2 aromatic carbocycles. The van der Waals surface area contributed by atoms with Gasteiger partial charge in [0.15, 0.2) is 6.61 Å². The van der Waals surface area contributed by atoms with Crippen molar-refractivity contribution in [2.75, 3.05) is 19.8 Å². The summed E-state index contributed by atoms with van der Waals surface area (Å²) in [7, 11) is 0. The molecule has 0 saturated heterocycles. The number of para-hydroxylation sites is 1. The zero-order valence-electron chi connectivity index (χ0n) is 17.1. The summed E-state index contributed by atoms with van der Waals surface area (Å²) in [5.41, 5.74) is 2.98. The van der Waals surface area contributed by atoms with E-state index < -0.39 is 0 Å². The van der Waals surface area contributed by atoms with E-state index in [4.69, 9.17) is 9.47 Å². The van der Waals surface area contributed by atoms with Gasteiger partial charge in [-0.1, -0.05) is 48.5 Å². The van der Waals surface area contributed by atoms with Crippen molar-refractivity contribution in [3.63, 3.8) is 0 Å². The third-order valence-corrected chi connectivity index (χ3v) is 4.68. The van der Waals surface area contributed by atoms with Gasteiger partial charge in [0.05, 0.1) is 19.1 Å². The maximum atomic E-state index is 13.0. The molecule has 0 aliphatic carbocycles. The van der Waals surface area contributed by atoms with Crippen LogP contribution in [0.15, 0.2) is 48.5 Å². The second-order valence-electron chi connectivity index (χ2n) is 6.74. The molecule has 2 rings (SSSR count). The maximum absolute atomic E-state index is 13.0. The molecule has 0 saturated carbocycles. The lowest BCUT2D eigenvalue weighted by atomic mass is 10.1. The molecule has 0 fully saturated rings. The molecular weight excluding hydrogens is 354 g/mol. The van der Waals surface area contributed by atoms with Crippen LogP contribution in [0.25, 0.3) is 0 Å². The predicted molar refractivity (Wildman–Crippen MR) is 109 cm³/mol. The highest BCUT2D eigenvalue weighted by Crippen LogP contribution is 2.24. The molecule has 1 unspecified atom stereocenters. The Kier molecular flexibility index (Phi) is 8.05. The van der Waals surface area contributed by atoms with Gasteiger partial charge in [0.25, 0.3) is 5.91 Å². The van der Waals surface area contributed by atoms with Crippen LogP contribution in [0.5, 0.6) is 5.75 Å². The number of ether oxygens (including phenoxy) is 2. The number of aryl methyl sites for hydroxylation is 2. The number of nitrogens with zero attached hydrogens (tertiary/aromatic N) is 1. The molecule has 2 aromatic rings. The average Bonchev–Trinajstić information content (AvgIpc) is 2.68. The Morgan fingerprint density at radius 2 is 1.64 bits per heavy atom. The Morgan fingerprint density at radius 3 is 2.25 bits per heavy atom. The fourth-order valence-electron chi connectivity index (χ4n) is 3.13. The van der Waals surface area contributed by atoms with Gasteiger partial charge in [-0.3, -0.25) is 9.59 Å². The lowest BCUT2D eigenvalue weighted by Crippen LogP contribution is -2.38. The number of carbonyl (C=O) groups is 2. The minimum atomic E-state index is -0.309. The van der Waals surface area contributed by atoms with Crippen LogP contribution < -0.4 is 4.74 Å². The lowest BCUT2D eigenvalue weighted by molar-refractivity contribution is -0.144. The molecule has 0 spiro atoms. The standard InChI is InChI=1S/C23H29NO4/c1-5-27-22(26)14-15-24(19(4)20-12-7-6-8-13-20)21(25)16-28-23-17(2)10-9-11-18(23)3/h6-13,19H,5,14-16H2,1-4H3. The first kappa shape index (κ1) is 21.5. The van der Waals surface area contributed by atoms with E-state index in [2.05, 4.69) is 0 Å². The van der Waals surface area contributed by atoms with E-state index in [0.717, 1.165) is 22.4 Å². The van der Waals surface area contributed by atoms with Crippen molar-refractivity contribution in [2.24, 2.45) is 0 Å². The summed E-state index contributed by atoms with van der Waals surface area (Å²) in [5, 5.41) is 0. The van der Waals surface area contributed by atoms with Crippen LogP contribution in [0.2, 0.25) is 0 Å². The molecule has 0 aliphatic heterocycles. The van der Waals surface area contributed by atoms with Crippen molar-refractivity contribution in [3.8, 4) is 5.75 Å². The van der Waals surface area contributed by atoms with Gasteiger partial charge < -0.3 is 14.4 Å². The second kappa shape index (κ2) is 10.5. The summed E-state index contributed by atoms with van der Waals surface area (Å²) < 4.78 is 10.9. The highest BCUT2D eigenvalue weighted by Gasteiger charge is 2.23. The van der Waals surface area contributed by atoms with E-state index in [0.29, 0.717) is 6.61 Å². The van der Waals surface area contributed by atoms with Crippen molar-refractivity contribution in [3.05, 3.63) is 65.2 Å². The molecule has 0 N–H and O–H groups in total. The molecule has 28 heavy (non-hydrogen) atoms. The molecule has 0 aliphatic rings. The summed E-state index contributed by atoms with van der Waals surface area (Å²) in [6, 6.07) is 15.5. The Balaban J connectivity index is 2.12. The molecule has 1 atom stereocenters. The molecule has 5 nitrogen and oxygen atoms in total. The van der Waals surface area contributed by atoms with Crippen LogP contribution in [0.4, 0.5) is 0 Å². The normalized spacial score (nSPS) is 11.6. The van der Waals surface area contributed by atoms with Crippen molar-refractivity contribution in [1.82, 2.24) is 4.90 Å². The number of hydrogen-bond acceptors (Lipinski definition) is 4. The molecule has 5 heteroatoms. The Bertz CT molecular complexity index is 768. The van der Waals surface area contributed by atoms with Gasteiger partial charge >= 0.3 is 5.97 Å². The van der Waals surface area contributed by atoms with Crippen LogP contribution in [0.3, 0.4) is 0 Å². The van der Waals surface area contributed by atoms with Gasteiger partial charge in [0.1, 0.15) is 5.75 Å². The van der Waals surface area contributed by atoms with Gasteiger partial charge in [-0.05, 0) is 44.4 Å². The van der Waals surface area contributed by atoms with E-state index in [1.807, 2.05) is 69.3 Å². The smallest absolute Gasteiger partial charge is 0.307 e. The SMILES string of the molecule is CCOC(=O)CCN(C(=O)COc1c(C)cccc1C)C(C)c1ccccc1. The van der Waals surface area contributed by atoms with Crippen molar-refractivity contribution in [2.45, 2.75) is 40.2 Å². The summed E-state index contributed by atoms with van der Waals surface area (Å²) in [4.78, 5) is 26.5. The quantitative estimate of drug-likeness (QED) is 0.608. The Hall–Kier alpha value is -2.82. The minimum Gasteiger partial charge on any atom is -0.483 e. The van der Waals surface area contributed by atoms with Crippen molar-refractivity contribution < 1.29 is 19.1 Å². The third kappa shape index (κ3) is 5.84. The fraction of sp³-hybridized carbons (Fsp3) is 0.391. The second-order valence-corrected chi connectivity index (χ2v) is 6.74. The highest BCUT2D eigenvalue weighted by atomic mass is 16.5. The zero-order valence-corrected chi connectivity index (χ0v) is 17.1. The molecule has 150 valence electrons. The third-order valence-electron chi connectivity index (χ3n) is 4.68. The van der Waals surface area contributed by atoms with Crippen LogP contribution in [-0.4, -0.2) is 36.5 Å². The van der Waals surface area contributed by atoms with Crippen LogP contribution >= 0.6 is 0 Å². The topological polar surface area (TPSA) is 55.8 Å². The summed E-state index contributed by atoms with van der Waals surface area (Å²) in [6.45, 7) is 8.17. The molecule has 0 aromatic heterocycles. The number of benzene rings is 2. The monoisotopic (exact) mass is 383 g/mol. The molecular formula is C23H29NO4. The van der Waals surface area contributed by atoms with Gasteiger partial charge in [-0.15, -0.1) is 0 Å². The Labute approximate surface area is 167 Å². The maximum Gasteiger partial charge on any atom is 0.307 e. The molecule has 0 radical (unpaired) electrons. The van der Waals surface area contributed by atoms with Crippen LogP contribution in [-0.2, 0) is 14.3 Å². The predicted octanol–water partition coefficient (Wildman–Crippen LogP) is 4.23. The first-order chi connectivity index (χ1) is 13.4. The average molecular weight is 383 g/mol. The van der Waals surface area contributed by atoms with E-state index in [-0.39, 0.29) is 37.5 Å². The summed E-state index contributed by atoms with van der Waals surface area (Å²) in [5.74, 6) is 0.257. The largest absolute Gasteiger partial charge is 0.483 e. The number of esters is 1. The number of hydrogen-bond donors (Lipinski definition) is 0. The van der Waals surface area contributed by atoms with Gasteiger partial charge in [-0.25, -0.2) is 0 Å². The molecule has 1 amide bonds. The summed E-state index contributed by atoms with van der Waals surface area (Å²) in [6.07, 6.45) is 0.153. The minimum absolute atomic E-state index is 0.0777. The van der Waals surface area contributed by atoms with Crippen molar-refractivity contribution in [1.29, 1.82) is 0 Å². The van der Waals surface area contributed by atoms with Crippen LogP contribution in [0.1, 0.15) is 43.0 Å². The van der Waals surface area contributed by atoms with Crippen LogP contribution in [0, 0.1) is 13.8 Å². The molecule has 0 heterocycles. The number of rotatable bonds is 9. The van der Waals surface area contributed by atoms with Gasteiger partial charge in [-0.2, -0.15) is 0 Å². The fourth-order valence-corrected chi connectivity index (χ4v) is 3.13. The van der Waals surface area contributed by atoms with E-state index >= 15 is 0 Å². The van der Waals surface area contributed by atoms with E-state index in [9.17, 15) is 9.59 Å². The zero-order chi connectivity index (χ0) is 20.5. The van der Waals surface area contributed by atoms with Gasteiger partial charge in [0.2, 0.25) is 0 Å². The van der Waals surface area contributed by atoms with E-state index in [1.165, 1.54) is 0 Å². The number of carbonyl (C=O) groups excluding carboxylic acids is 2.